The van der Waals surface area contributed by atoms with Crippen molar-refractivity contribution >= 4 is 55.1 Å². The SMILES string of the molecule is CCCCCc1cccc(N(C)c2ccc(-c3cccc(-c4ccc(C)cc4)c3)cc2)c1.CCCOc1cccc(N(C)c2ccc(-c3ccc4ccc5c(-c6ccc(C)cc6)ccc6ccc3c4c65)cc2)c1. The molecular formula is C70H66N2O. The summed E-state index contributed by atoms with van der Waals surface area (Å²) in [6, 6.07) is 79.7. The highest BCUT2D eigenvalue weighted by Crippen LogP contribution is 2.43. The Bertz CT molecular complexity index is 3590. The maximum absolute atomic E-state index is 5.86. The Morgan fingerprint density at radius 2 is 0.836 bits per heavy atom. The molecule has 3 heteroatoms. The quantitative estimate of drug-likeness (QED) is 0.0752. The van der Waals surface area contributed by atoms with Crippen molar-refractivity contribution in [2.45, 2.75) is 59.8 Å². The van der Waals surface area contributed by atoms with E-state index in [9.17, 15) is 0 Å². The molecule has 11 aromatic carbocycles. The second kappa shape index (κ2) is 22.1. The third-order valence-corrected chi connectivity index (χ3v) is 14.5. The molecule has 0 saturated heterocycles. The van der Waals surface area contributed by atoms with Gasteiger partial charge in [0.25, 0.3) is 0 Å². The molecule has 11 rings (SSSR count). The Hall–Kier alpha value is -8.14. The van der Waals surface area contributed by atoms with Gasteiger partial charge >= 0.3 is 0 Å². The Kier molecular flexibility index (Phi) is 14.7. The zero-order chi connectivity index (χ0) is 50.3. The first-order valence-electron chi connectivity index (χ1n) is 26.2. The third-order valence-electron chi connectivity index (χ3n) is 14.5. The van der Waals surface area contributed by atoms with Crippen LogP contribution in [0, 0.1) is 13.8 Å². The molecule has 0 aromatic heterocycles. The highest BCUT2D eigenvalue weighted by Gasteiger charge is 2.16. The minimum Gasteiger partial charge on any atom is -0.494 e. The van der Waals surface area contributed by atoms with Crippen molar-refractivity contribution in [3.8, 4) is 50.3 Å². The fourth-order valence-electron chi connectivity index (χ4n) is 10.2. The number of hydrogen-bond acceptors (Lipinski definition) is 3. The van der Waals surface area contributed by atoms with Crippen molar-refractivity contribution in [3.63, 3.8) is 0 Å². The van der Waals surface area contributed by atoms with Crippen LogP contribution in [-0.4, -0.2) is 20.7 Å². The van der Waals surface area contributed by atoms with Gasteiger partial charge in [0.15, 0.2) is 0 Å². The Labute approximate surface area is 433 Å². The molecule has 0 aliphatic heterocycles. The molecule has 0 heterocycles. The van der Waals surface area contributed by atoms with Gasteiger partial charge in [-0.2, -0.15) is 0 Å². The second-order valence-electron chi connectivity index (χ2n) is 19.6. The average Bonchev–Trinajstić information content (AvgIpc) is 3.44. The predicted molar refractivity (Wildman–Crippen MR) is 316 cm³/mol. The van der Waals surface area contributed by atoms with Crippen molar-refractivity contribution in [2.75, 3.05) is 30.5 Å². The summed E-state index contributed by atoms with van der Waals surface area (Å²) in [5, 5.41) is 7.86. The minimum absolute atomic E-state index is 0.731. The van der Waals surface area contributed by atoms with E-state index in [0.717, 1.165) is 36.6 Å². The smallest absolute Gasteiger partial charge is 0.121 e. The van der Waals surface area contributed by atoms with Crippen LogP contribution in [0.15, 0.2) is 218 Å². The molecule has 0 radical (unpaired) electrons. The molecule has 0 bridgehead atoms. The van der Waals surface area contributed by atoms with Crippen molar-refractivity contribution in [1.29, 1.82) is 0 Å². The van der Waals surface area contributed by atoms with Gasteiger partial charge in [0, 0.05) is 42.9 Å². The summed E-state index contributed by atoms with van der Waals surface area (Å²) < 4.78 is 5.86. The molecule has 0 fully saturated rings. The van der Waals surface area contributed by atoms with E-state index < -0.39 is 0 Å². The van der Waals surface area contributed by atoms with E-state index in [0.29, 0.717) is 0 Å². The molecule has 73 heavy (non-hydrogen) atoms. The van der Waals surface area contributed by atoms with Crippen LogP contribution in [0.5, 0.6) is 5.75 Å². The molecule has 0 N–H and O–H groups in total. The van der Waals surface area contributed by atoms with Gasteiger partial charge in [0.1, 0.15) is 5.75 Å². The van der Waals surface area contributed by atoms with E-state index in [4.69, 9.17) is 4.74 Å². The minimum atomic E-state index is 0.731. The van der Waals surface area contributed by atoms with E-state index in [2.05, 4.69) is 264 Å². The van der Waals surface area contributed by atoms with E-state index in [1.807, 2.05) is 6.07 Å². The number of ether oxygens (including phenoxy) is 1. The lowest BCUT2D eigenvalue weighted by atomic mass is 9.87. The molecule has 0 spiro atoms. The first-order chi connectivity index (χ1) is 35.7. The van der Waals surface area contributed by atoms with Gasteiger partial charge in [-0.05, 0) is 170 Å². The molecule has 3 nitrogen and oxygen atoms in total. The van der Waals surface area contributed by atoms with Crippen molar-refractivity contribution in [1.82, 2.24) is 0 Å². The first kappa shape index (κ1) is 48.5. The molecule has 0 atom stereocenters. The zero-order valence-electron chi connectivity index (χ0n) is 43.3. The zero-order valence-corrected chi connectivity index (χ0v) is 43.3. The Balaban J connectivity index is 0.000000173. The van der Waals surface area contributed by atoms with Gasteiger partial charge < -0.3 is 14.5 Å². The number of hydrogen-bond donors (Lipinski definition) is 0. The van der Waals surface area contributed by atoms with Gasteiger partial charge in [-0.3, -0.25) is 0 Å². The topological polar surface area (TPSA) is 15.7 Å². The number of rotatable bonds is 15. The molecular weight excluding hydrogens is 885 g/mol. The lowest BCUT2D eigenvalue weighted by Crippen LogP contribution is -2.09. The van der Waals surface area contributed by atoms with Gasteiger partial charge in [0.2, 0.25) is 0 Å². The number of anilines is 4. The maximum atomic E-state index is 5.86. The highest BCUT2D eigenvalue weighted by atomic mass is 16.5. The summed E-state index contributed by atoms with van der Waals surface area (Å²) in [6.45, 7) is 9.38. The van der Waals surface area contributed by atoms with Gasteiger partial charge in [0.05, 0.1) is 6.61 Å². The summed E-state index contributed by atoms with van der Waals surface area (Å²) in [5.74, 6) is 0.909. The summed E-state index contributed by atoms with van der Waals surface area (Å²) in [6.07, 6.45) is 5.98. The van der Waals surface area contributed by atoms with E-state index in [1.54, 1.807) is 0 Å². The van der Waals surface area contributed by atoms with Crippen LogP contribution in [0.25, 0.3) is 76.8 Å². The van der Waals surface area contributed by atoms with E-state index in [-0.39, 0.29) is 0 Å². The molecule has 0 aliphatic rings. The maximum Gasteiger partial charge on any atom is 0.121 e. The monoisotopic (exact) mass is 951 g/mol. The summed E-state index contributed by atoms with van der Waals surface area (Å²) in [5.41, 5.74) is 18.7. The largest absolute Gasteiger partial charge is 0.494 e. The van der Waals surface area contributed by atoms with Crippen LogP contribution in [0.3, 0.4) is 0 Å². The van der Waals surface area contributed by atoms with Crippen LogP contribution in [-0.2, 0) is 6.42 Å². The fraction of sp³-hybridized carbons (Fsp3) is 0.171. The van der Waals surface area contributed by atoms with Crippen molar-refractivity contribution < 1.29 is 4.74 Å². The molecule has 0 amide bonds. The highest BCUT2D eigenvalue weighted by molar-refractivity contribution is 6.27. The number of unbranched alkanes of at least 4 members (excludes halogenated alkanes) is 2. The van der Waals surface area contributed by atoms with Gasteiger partial charge in [-0.1, -0.05) is 196 Å². The number of nitrogens with zero attached hydrogens (tertiary/aromatic N) is 2. The molecule has 11 aromatic rings. The average molecular weight is 951 g/mol. The van der Waals surface area contributed by atoms with Gasteiger partial charge in [-0.25, -0.2) is 0 Å². The first-order valence-corrected chi connectivity index (χ1v) is 26.2. The van der Waals surface area contributed by atoms with E-state index in [1.165, 1.54) is 124 Å². The molecule has 0 unspecified atom stereocenters. The lowest BCUT2D eigenvalue weighted by molar-refractivity contribution is 0.317. The van der Waals surface area contributed by atoms with Gasteiger partial charge in [-0.15, -0.1) is 0 Å². The number of benzene rings is 11. The lowest BCUT2D eigenvalue weighted by Gasteiger charge is -2.21. The Morgan fingerprint density at radius 3 is 1.37 bits per heavy atom. The fourth-order valence-corrected chi connectivity index (χ4v) is 10.2. The summed E-state index contributed by atoms with van der Waals surface area (Å²) >= 11 is 0. The molecule has 362 valence electrons. The molecule has 0 aliphatic carbocycles. The Morgan fingerprint density at radius 1 is 0.370 bits per heavy atom. The van der Waals surface area contributed by atoms with Crippen LogP contribution >= 0.6 is 0 Å². The third kappa shape index (κ3) is 10.7. The molecule has 0 saturated carbocycles. The predicted octanol–water partition coefficient (Wildman–Crippen LogP) is 19.6. The standard InChI is InChI=1S/C39H33NO.C31H33N/c1-4-24-41-33-7-5-6-32(25-33)40(3)31-18-12-28(13-19-31)35-21-15-30-16-22-36-34(27-10-8-26(2)9-11-27)20-14-29-17-23-37(35)39(30)38(29)36;1-4-5-6-9-25-10-7-13-31(22-25)32(3)30-20-18-27(19-21-30)29-12-8-11-28(23-29)26-16-14-24(2)15-17-26/h5-23,25H,4,24H2,1-3H3;7-8,10-23H,4-6,9H2,1-3H3. The van der Waals surface area contributed by atoms with Crippen molar-refractivity contribution in [3.05, 3.63) is 235 Å². The van der Waals surface area contributed by atoms with Crippen LogP contribution in [0.1, 0.15) is 56.2 Å². The summed E-state index contributed by atoms with van der Waals surface area (Å²) in [4.78, 5) is 4.48. The van der Waals surface area contributed by atoms with Crippen LogP contribution in [0.4, 0.5) is 22.7 Å². The van der Waals surface area contributed by atoms with E-state index >= 15 is 0 Å². The van der Waals surface area contributed by atoms with Crippen molar-refractivity contribution in [2.24, 2.45) is 0 Å². The second-order valence-corrected chi connectivity index (χ2v) is 19.6. The number of aryl methyl sites for hydroxylation is 3. The summed E-state index contributed by atoms with van der Waals surface area (Å²) in [7, 11) is 4.26. The van der Waals surface area contributed by atoms with Crippen LogP contribution < -0.4 is 14.5 Å². The normalized spacial score (nSPS) is 11.2. The van der Waals surface area contributed by atoms with Crippen LogP contribution in [0.2, 0.25) is 0 Å².